The molecule has 0 spiro atoms. The summed E-state index contributed by atoms with van der Waals surface area (Å²) < 4.78 is 5.19. The maximum atomic E-state index is 12.2. The summed E-state index contributed by atoms with van der Waals surface area (Å²) in [5, 5.41) is 0. The van der Waals surface area contributed by atoms with Gasteiger partial charge in [-0.1, -0.05) is 36.4 Å². The molecule has 104 valence electrons. The van der Waals surface area contributed by atoms with Gasteiger partial charge < -0.3 is 9.64 Å². The predicted octanol–water partition coefficient (Wildman–Crippen LogP) is 2.65. The summed E-state index contributed by atoms with van der Waals surface area (Å²) in [6, 6.07) is 16.1. The number of fused-ring (bicyclic) bond motifs is 1. The van der Waals surface area contributed by atoms with E-state index in [2.05, 4.69) is 0 Å². The van der Waals surface area contributed by atoms with E-state index in [0.29, 0.717) is 11.3 Å². The summed E-state index contributed by atoms with van der Waals surface area (Å²) in [5.74, 6) is -0.317. The zero-order valence-electron chi connectivity index (χ0n) is 11.4. The van der Waals surface area contributed by atoms with Crippen molar-refractivity contribution in [3.8, 4) is 5.75 Å². The second-order valence-electron chi connectivity index (χ2n) is 4.67. The summed E-state index contributed by atoms with van der Waals surface area (Å²) >= 11 is 0. The minimum absolute atomic E-state index is 0.207. The molecule has 0 saturated heterocycles. The number of nitrogens with zero attached hydrogens (tertiary/aromatic N) is 1. The lowest BCUT2D eigenvalue weighted by Gasteiger charge is -2.07. The molecule has 0 aromatic heterocycles. The number of amides is 1. The van der Waals surface area contributed by atoms with Crippen molar-refractivity contribution in [2.24, 2.45) is 0 Å². The maximum Gasteiger partial charge on any atom is 0.336 e. The molecule has 1 aliphatic heterocycles. The van der Waals surface area contributed by atoms with E-state index in [1.54, 1.807) is 31.3 Å². The van der Waals surface area contributed by atoms with Gasteiger partial charge in [-0.15, -0.1) is 0 Å². The third kappa shape index (κ3) is 2.43. The smallest absolute Gasteiger partial charge is 0.336 e. The van der Waals surface area contributed by atoms with Crippen LogP contribution in [0.2, 0.25) is 0 Å². The number of esters is 1. The van der Waals surface area contributed by atoms with Gasteiger partial charge in [0.1, 0.15) is 5.75 Å². The number of para-hydroxylation sites is 2. The zero-order chi connectivity index (χ0) is 14.8. The normalized spacial score (nSPS) is 15.2. The van der Waals surface area contributed by atoms with Crippen LogP contribution >= 0.6 is 0 Å². The Morgan fingerprint density at radius 3 is 2.48 bits per heavy atom. The molecular weight excluding hydrogens is 266 g/mol. The Bertz CT molecular complexity index is 735. The van der Waals surface area contributed by atoms with Crippen LogP contribution in [0.3, 0.4) is 0 Å². The second kappa shape index (κ2) is 5.25. The number of hydrogen-bond acceptors (Lipinski definition) is 3. The summed E-state index contributed by atoms with van der Waals surface area (Å²) in [7, 11) is 1.69. The molecule has 4 nitrogen and oxygen atoms in total. The molecule has 0 atom stereocenters. The van der Waals surface area contributed by atoms with Gasteiger partial charge in [-0.2, -0.15) is 0 Å². The largest absolute Gasteiger partial charge is 0.423 e. The first-order valence-corrected chi connectivity index (χ1v) is 6.53. The van der Waals surface area contributed by atoms with Gasteiger partial charge in [0, 0.05) is 18.7 Å². The van der Waals surface area contributed by atoms with Gasteiger partial charge in [0.2, 0.25) is 0 Å². The Morgan fingerprint density at radius 1 is 1.05 bits per heavy atom. The van der Waals surface area contributed by atoms with Gasteiger partial charge in [-0.3, -0.25) is 4.79 Å². The van der Waals surface area contributed by atoms with Gasteiger partial charge in [0.05, 0.1) is 11.3 Å². The van der Waals surface area contributed by atoms with Crippen molar-refractivity contribution in [1.82, 2.24) is 0 Å². The van der Waals surface area contributed by atoms with E-state index in [1.807, 2.05) is 30.3 Å². The maximum absolute atomic E-state index is 12.2. The van der Waals surface area contributed by atoms with E-state index >= 15 is 0 Å². The standard InChI is InChI=1S/C17H13NO3/c1-18-15-10-6-5-9-13(15)14(17(18)20)11-16(19)21-12-7-3-2-4-8-12/h2-11H,1H3/b14-11+. The molecule has 0 saturated carbocycles. The number of rotatable bonds is 2. The summed E-state index contributed by atoms with van der Waals surface area (Å²) in [4.78, 5) is 25.7. The topological polar surface area (TPSA) is 46.6 Å². The van der Waals surface area contributed by atoms with Crippen LogP contribution in [0.1, 0.15) is 5.56 Å². The molecule has 1 amide bonds. The lowest BCUT2D eigenvalue weighted by Crippen LogP contribution is -2.20. The van der Waals surface area contributed by atoms with Crippen molar-refractivity contribution in [2.75, 3.05) is 11.9 Å². The van der Waals surface area contributed by atoms with Crippen LogP contribution in [0.4, 0.5) is 5.69 Å². The first kappa shape index (κ1) is 13.1. The number of anilines is 1. The molecule has 3 rings (SSSR count). The molecule has 4 heteroatoms. The average molecular weight is 279 g/mol. The predicted molar refractivity (Wildman–Crippen MR) is 79.9 cm³/mol. The minimum atomic E-state index is -0.561. The van der Waals surface area contributed by atoms with Crippen LogP contribution in [0, 0.1) is 0 Å². The lowest BCUT2D eigenvalue weighted by atomic mass is 10.1. The fourth-order valence-corrected chi connectivity index (χ4v) is 2.29. The minimum Gasteiger partial charge on any atom is -0.423 e. The van der Waals surface area contributed by atoms with Crippen LogP contribution in [0.25, 0.3) is 5.57 Å². The molecule has 1 aliphatic rings. The number of hydrogen-bond donors (Lipinski definition) is 0. The lowest BCUT2D eigenvalue weighted by molar-refractivity contribution is -0.129. The van der Waals surface area contributed by atoms with Crippen molar-refractivity contribution < 1.29 is 14.3 Å². The van der Waals surface area contributed by atoms with Crippen LogP contribution in [-0.2, 0) is 9.59 Å². The summed E-state index contributed by atoms with van der Waals surface area (Å²) in [6.07, 6.45) is 1.25. The summed E-state index contributed by atoms with van der Waals surface area (Å²) in [5.41, 5.74) is 1.89. The molecule has 0 bridgehead atoms. The van der Waals surface area contributed by atoms with E-state index in [-0.39, 0.29) is 5.91 Å². The van der Waals surface area contributed by atoms with Crippen LogP contribution in [-0.4, -0.2) is 18.9 Å². The third-order valence-corrected chi connectivity index (χ3v) is 3.31. The molecular formula is C17H13NO3. The number of likely N-dealkylation sites (N-methyl/N-ethyl adjacent to an activating group) is 1. The van der Waals surface area contributed by atoms with Gasteiger partial charge in [0.15, 0.2) is 0 Å². The highest BCUT2D eigenvalue weighted by atomic mass is 16.5. The number of carbonyl (C=O) groups excluding carboxylic acids is 2. The fourth-order valence-electron chi connectivity index (χ4n) is 2.29. The average Bonchev–Trinajstić information content (AvgIpc) is 2.74. The van der Waals surface area contributed by atoms with Gasteiger partial charge in [0.25, 0.3) is 5.91 Å². The molecule has 0 fully saturated rings. The summed E-state index contributed by atoms with van der Waals surface area (Å²) in [6.45, 7) is 0. The second-order valence-corrected chi connectivity index (χ2v) is 4.67. The van der Waals surface area contributed by atoms with Crippen molar-refractivity contribution in [3.63, 3.8) is 0 Å². The molecule has 0 unspecified atom stereocenters. The number of benzene rings is 2. The Morgan fingerprint density at radius 2 is 1.71 bits per heavy atom. The molecule has 1 heterocycles. The van der Waals surface area contributed by atoms with Crippen LogP contribution in [0.15, 0.2) is 60.7 Å². The highest BCUT2D eigenvalue weighted by Gasteiger charge is 2.29. The first-order chi connectivity index (χ1) is 10.2. The van der Waals surface area contributed by atoms with Crippen molar-refractivity contribution in [2.45, 2.75) is 0 Å². The molecule has 0 radical (unpaired) electrons. The Balaban J connectivity index is 1.90. The molecule has 2 aromatic carbocycles. The Kier molecular flexibility index (Phi) is 3.28. The molecule has 0 N–H and O–H groups in total. The third-order valence-electron chi connectivity index (χ3n) is 3.31. The van der Waals surface area contributed by atoms with E-state index in [9.17, 15) is 9.59 Å². The van der Waals surface area contributed by atoms with Crippen molar-refractivity contribution in [3.05, 3.63) is 66.2 Å². The first-order valence-electron chi connectivity index (χ1n) is 6.53. The van der Waals surface area contributed by atoms with Crippen molar-refractivity contribution >= 4 is 23.1 Å². The highest BCUT2D eigenvalue weighted by molar-refractivity contribution is 6.34. The molecule has 0 aliphatic carbocycles. The number of carbonyl (C=O) groups is 2. The monoisotopic (exact) mass is 279 g/mol. The Hall–Kier alpha value is -2.88. The van der Waals surface area contributed by atoms with Gasteiger partial charge in [-0.25, -0.2) is 4.79 Å². The van der Waals surface area contributed by atoms with E-state index in [4.69, 9.17) is 4.74 Å². The fraction of sp³-hybridized carbons (Fsp3) is 0.0588. The van der Waals surface area contributed by atoms with Crippen LogP contribution in [0.5, 0.6) is 5.75 Å². The molecule has 21 heavy (non-hydrogen) atoms. The van der Waals surface area contributed by atoms with E-state index in [0.717, 1.165) is 11.3 Å². The van der Waals surface area contributed by atoms with E-state index < -0.39 is 5.97 Å². The highest BCUT2D eigenvalue weighted by Crippen LogP contribution is 2.35. The van der Waals surface area contributed by atoms with Gasteiger partial charge >= 0.3 is 5.97 Å². The van der Waals surface area contributed by atoms with Crippen molar-refractivity contribution in [1.29, 1.82) is 0 Å². The Labute approximate surface area is 122 Å². The van der Waals surface area contributed by atoms with Crippen LogP contribution < -0.4 is 9.64 Å². The van der Waals surface area contributed by atoms with Gasteiger partial charge in [-0.05, 0) is 18.2 Å². The SMILES string of the molecule is CN1C(=O)/C(=C/C(=O)Oc2ccccc2)c2ccccc21. The zero-order valence-corrected chi connectivity index (χ0v) is 11.4. The van der Waals surface area contributed by atoms with E-state index in [1.165, 1.54) is 11.0 Å². The molecule has 2 aromatic rings. The number of ether oxygens (including phenoxy) is 1. The quantitative estimate of drug-likeness (QED) is 0.482.